The number of ketones is 1. The van der Waals surface area contributed by atoms with Crippen LogP contribution in [0.3, 0.4) is 0 Å². The van der Waals surface area contributed by atoms with Gasteiger partial charge in [-0.15, -0.1) is 0 Å². The van der Waals surface area contributed by atoms with E-state index in [1.165, 1.54) is 0 Å². The van der Waals surface area contributed by atoms with Gasteiger partial charge in [-0.3, -0.25) is 4.79 Å². The van der Waals surface area contributed by atoms with E-state index in [0.717, 1.165) is 0 Å². The van der Waals surface area contributed by atoms with Crippen LogP contribution < -0.4 is 5.73 Å². The van der Waals surface area contributed by atoms with Gasteiger partial charge in [-0.25, -0.2) is 0 Å². The fourth-order valence-corrected chi connectivity index (χ4v) is 3.66. The van der Waals surface area contributed by atoms with Crippen molar-refractivity contribution in [3.63, 3.8) is 0 Å². The van der Waals surface area contributed by atoms with Crippen molar-refractivity contribution in [2.45, 2.75) is 25.7 Å². The van der Waals surface area contributed by atoms with E-state index >= 15 is 0 Å². The van der Waals surface area contributed by atoms with Gasteiger partial charge < -0.3 is 10.5 Å². The van der Waals surface area contributed by atoms with Crippen molar-refractivity contribution in [2.75, 3.05) is 0 Å². The van der Waals surface area contributed by atoms with Gasteiger partial charge in [-0.2, -0.15) is 5.26 Å². The Kier molecular flexibility index (Phi) is 4.09. The number of carbonyl (C=O) groups excluding carboxylic acids is 1. The molecule has 118 valence electrons. The number of ether oxygens (including phenoxy) is 1. The Labute approximate surface area is 144 Å². The molecule has 0 bridgehead atoms. The number of nitrogens with zero attached hydrogens (tertiary/aromatic N) is 1. The highest BCUT2D eigenvalue weighted by Crippen LogP contribution is 2.46. The number of nitriles is 1. The number of allylic oxidation sites excluding steroid dienone is 3. The van der Waals surface area contributed by atoms with Gasteiger partial charge in [-0.05, 0) is 23.6 Å². The van der Waals surface area contributed by atoms with Gasteiger partial charge in [0.05, 0.1) is 5.92 Å². The molecular formula is C17H14Cl2N2O2. The van der Waals surface area contributed by atoms with Gasteiger partial charge in [0.1, 0.15) is 17.4 Å². The summed E-state index contributed by atoms with van der Waals surface area (Å²) in [7, 11) is 0. The maximum atomic E-state index is 12.6. The molecule has 3 rings (SSSR count). The molecule has 1 aromatic rings. The van der Waals surface area contributed by atoms with Crippen molar-refractivity contribution in [1.82, 2.24) is 0 Å². The normalized spacial score (nSPS) is 24.2. The lowest BCUT2D eigenvalue weighted by atomic mass is 9.75. The molecular weight excluding hydrogens is 335 g/mol. The van der Waals surface area contributed by atoms with Crippen LogP contribution in [0.5, 0.6) is 0 Å². The molecule has 1 aromatic carbocycles. The number of halogens is 2. The van der Waals surface area contributed by atoms with Gasteiger partial charge in [0.15, 0.2) is 5.78 Å². The summed E-state index contributed by atoms with van der Waals surface area (Å²) in [5, 5.41) is 10.4. The monoisotopic (exact) mass is 348 g/mol. The van der Waals surface area contributed by atoms with Crippen molar-refractivity contribution in [2.24, 2.45) is 11.7 Å². The number of hydrogen-bond donors (Lipinski definition) is 1. The Hall–Kier alpha value is -1.96. The first-order valence-corrected chi connectivity index (χ1v) is 7.96. The number of nitrogens with two attached hydrogens (primary N) is 1. The molecule has 2 N–H and O–H groups in total. The first kappa shape index (κ1) is 15.9. The second-order valence-corrected chi connectivity index (χ2v) is 6.71. The zero-order valence-corrected chi connectivity index (χ0v) is 13.9. The third kappa shape index (κ3) is 2.71. The van der Waals surface area contributed by atoms with Crippen LogP contribution in [0.15, 0.2) is 41.0 Å². The molecule has 1 aliphatic carbocycles. The van der Waals surface area contributed by atoms with Crippen LogP contribution >= 0.6 is 23.2 Å². The second kappa shape index (κ2) is 5.92. The van der Waals surface area contributed by atoms with Crippen LogP contribution in [0.2, 0.25) is 10.0 Å². The maximum absolute atomic E-state index is 12.6. The predicted octanol–water partition coefficient (Wildman–Crippen LogP) is 4.05. The largest absolute Gasteiger partial charge is 0.444 e. The molecule has 0 saturated heterocycles. The standard InChI is InChI=1S/C17H14Cl2N2O2/c1-8-4-13(22)16-14(5-8)23-17(21)11(7-20)15(16)10-3-2-9(18)6-12(10)19/h2-3,6,8,15H,4-5,21H2,1H3/t8-,15-/m1/s1. The van der Waals surface area contributed by atoms with E-state index < -0.39 is 5.92 Å². The summed E-state index contributed by atoms with van der Waals surface area (Å²) < 4.78 is 5.57. The minimum Gasteiger partial charge on any atom is -0.444 e. The predicted molar refractivity (Wildman–Crippen MR) is 87.5 cm³/mol. The van der Waals surface area contributed by atoms with Gasteiger partial charge in [0.25, 0.3) is 0 Å². The zero-order chi connectivity index (χ0) is 16.7. The molecule has 4 nitrogen and oxygen atoms in total. The van der Waals surface area contributed by atoms with E-state index in [1.807, 2.05) is 6.92 Å². The van der Waals surface area contributed by atoms with Gasteiger partial charge in [0.2, 0.25) is 5.88 Å². The third-order valence-electron chi connectivity index (χ3n) is 4.14. The van der Waals surface area contributed by atoms with E-state index in [4.69, 9.17) is 33.7 Å². The first-order valence-electron chi connectivity index (χ1n) is 7.21. The van der Waals surface area contributed by atoms with E-state index in [-0.39, 0.29) is 23.2 Å². The molecule has 0 amide bonds. The molecule has 0 spiro atoms. The summed E-state index contributed by atoms with van der Waals surface area (Å²) in [4.78, 5) is 12.6. The molecule has 0 unspecified atom stereocenters. The van der Waals surface area contributed by atoms with E-state index in [1.54, 1.807) is 18.2 Å². The highest BCUT2D eigenvalue weighted by atomic mass is 35.5. The minimum absolute atomic E-state index is 0.0316. The Balaban J connectivity index is 2.22. The lowest BCUT2D eigenvalue weighted by molar-refractivity contribution is -0.117. The summed E-state index contributed by atoms with van der Waals surface area (Å²) in [6.45, 7) is 1.98. The van der Waals surface area contributed by atoms with Crippen LogP contribution in [0.1, 0.15) is 31.2 Å². The molecule has 0 saturated carbocycles. The molecule has 0 aromatic heterocycles. The molecule has 2 atom stereocenters. The number of benzene rings is 1. The second-order valence-electron chi connectivity index (χ2n) is 5.86. The van der Waals surface area contributed by atoms with Crippen LogP contribution in [0.25, 0.3) is 0 Å². The third-order valence-corrected chi connectivity index (χ3v) is 4.70. The Morgan fingerprint density at radius 2 is 2.09 bits per heavy atom. The van der Waals surface area contributed by atoms with Crippen molar-refractivity contribution in [3.05, 3.63) is 56.6 Å². The van der Waals surface area contributed by atoms with Crippen molar-refractivity contribution in [1.29, 1.82) is 5.26 Å². The molecule has 0 radical (unpaired) electrons. The lowest BCUT2D eigenvalue weighted by Crippen LogP contribution is -2.29. The van der Waals surface area contributed by atoms with Gasteiger partial charge in [-0.1, -0.05) is 36.2 Å². The number of hydrogen-bond acceptors (Lipinski definition) is 4. The highest BCUT2D eigenvalue weighted by Gasteiger charge is 2.40. The molecule has 1 aliphatic heterocycles. The lowest BCUT2D eigenvalue weighted by Gasteiger charge is -2.33. The quantitative estimate of drug-likeness (QED) is 0.830. The van der Waals surface area contributed by atoms with E-state index in [0.29, 0.717) is 39.8 Å². The average Bonchev–Trinajstić information content (AvgIpc) is 2.45. The number of carbonyl (C=O) groups is 1. The van der Waals surface area contributed by atoms with Crippen molar-refractivity contribution >= 4 is 29.0 Å². The van der Waals surface area contributed by atoms with Crippen LogP contribution in [-0.2, 0) is 9.53 Å². The first-order chi connectivity index (χ1) is 10.9. The van der Waals surface area contributed by atoms with E-state index in [2.05, 4.69) is 6.07 Å². The molecule has 2 aliphatic rings. The maximum Gasteiger partial charge on any atom is 0.205 e. The molecule has 23 heavy (non-hydrogen) atoms. The van der Waals surface area contributed by atoms with Crippen LogP contribution in [0, 0.1) is 17.2 Å². The Bertz CT molecular complexity index is 805. The zero-order valence-electron chi connectivity index (χ0n) is 12.4. The van der Waals surface area contributed by atoms with Crippen LogP contribution in [0.4, 0.5) is 0 Å². The van der Waals surface area contributed by atoms with Crippen molar-refractivity contribution < 1.29 is 9.53 Å². The summed E-state index contributed by atoms with van der Waals surface area (Å²) in [6, 6.07) is 7.06. The number of rotatable bonds is 1. The average molecular weight is 349 g/mol. The summed E-state index contributed by atoms with van der Waals surface area (Å²) in [5.74, 6) is 0.119. The fraction of sp³-hybridized carbons (Fsp3) is 0.294. The Morgan fingerprint density at radius 1 is 1.35 bits per heavy atom. The minimum atomic E-state index is -0.603. The summed E-state index contributed by atoms with van der Waals surface area (Å²) in [6.07, 6.45) is 1.03. The van der Waals surface area contributed by atoms with Gasteiger partial charge >= 0.3 is 0 Å². The van der Waals surface area contributed by atoms with E-state index in [9.17, 15) is 10.1 Å². The highest BCUT2D eigenvalue weighted by molar-refractivity contribution is 6.35. The molecule has 6 heteroatoms. The van der Waals surface area contributed by atoms with Gasteiger partial charge in [0, 0.05) is 28.5 Å². The molecule has 0 fully saturated rings. The summed E-state index contributed by atoms with van der Waals surface area (Å²) in [5.41, 5.74) is 7.24. The molecule has 1 heterocycles. The topological polar surface area (TPSA) is 76.1 Å². The van der Waals surface area contributed by atoms with Crippen molar-refractivity contribution in [3.8, 4) is 6.07 Å². The Morgan fingerprint density at radius 3 is 2.74 bits per heavy atom. The summed E-state index contributed by atoms with van der Waals surface area (Å²) >= 11 is 12.3. The van der Waals surface area contributed by atoms with Crippen LogP contribution in [-0.4, -0.2) is 5.78 Å². The SMILES string of the molecule is C[C@@H]1CC(=O)C2=C(C1)OC(N)=C(C#N)[C@H]2c1ccc(Cl)cc1Cl. The fourth-order valence-electron chi connectivity index (χ4n) is 3.14. The number of Topliss-reactive ketones (excluding diaryl/α,β-unsaturated/α-hetero) is 1. The smallest absolute Gasteiger partial charge is 0.205 e.